The second kappa shape index (κ2) is 10.5. The van der Waals surface area contributed by atoms with Gasteiger partial charge in [-0.3, -0.25) is 9.36 Å². The molecule has 3 rings (SSSR count). The maximum Gasteiger partial charge on any atom is 0.433 e. The standard InChI is InChI=1S/C16H18F3N3O.C11H17N/c1-15(2,3)10-5-7-11(8-6-10)20-14-21-12(16(17,18)19)9-13(23)22(14)4;1-4-11(2,3)9-5-7-10(12)8-6-9/h5-9H,1-4H3,(H,20,21);5-8H,4,12H2,1-3H3. The van der Waals surface area contributed by atoms with Crippen LogP contribution in [0.5, 0.6) is 0 Å². The third-order valence-electron chi connectivity index (χ3n) is 6.01. The van der Waals surface area contributed by atoms with Crippen LogP contribution in [0.1, 0.15) is 64.8 Å². The Morgan fingerprint density at radius 1 is 0.914 bits per heavy atom. The molecule has 5 nitrogen and oxygen atoms in total. The van der Waals surface area contributed by atoms with Gasteiger partial charge in [-0.1, -0.05) is 65.8 Å². The molecule has 8 heteroatoms. The summed E-state index contributed by atoms with van der Waals surface area (Å²) in [6.07, 6.45) is -3.52. The van der Waals surface area contributed by atoms with E-state index >= 15 is 0 Å². The molecule has 190 valence electrons. The minimum absolute atomic E-state index is 0.0279. The summed E-state index contributed by atoms with van der Waals surface area (Å²) in [7, 11) is 1.36. The van der Waals surface area contributed by atoms with Gasteiger partial charge in [-0.15, -0.1) is 0 Å². The topological polar surface area (TPSA) is 72.9 Å². The second-order valence-electron chi connectivity index (χ2n) is 10.2. The van der Waals surface area contributed by atoms with Gasteiger partial charge in [-0.2, -0.15) is 13.2 Å². The van der Waals surface area contributed by atoms with Gasteiger partial charge < -0.3 is 11.1 Å². The fourth-order valence-electron chi connectivity index (χ4n) is 3.12. The molecule has 3 N–H and O–H groups in total. The molecule has 0 atom stereocenters. The monoisotopic (exact) mass is 488 g/mol. The number of rotatable bonds is 4. The quantitative estimate of drug-likeness (QED) is 0.396. The number of nitrogen functional groups attached to an aromatic ring is 1. The minimum Gasteiger partial charge on any atom is -0.399 e. The minimum atomic E-state index is -4.67. The summed E-state index contributed by atoms with van der Waals surface area (Å²) >= 11 is 0. The normalized spacial score (nSPS) is 12.1. The SMILES string of the molecule is CCC(C)(C)c1ccc(N)cc1.Cn1c(Nc2ccc(C(C)(C)C)cc2)nc(C(F)(F)F)cc1=O. The lowest BCUT2D eigenvalue weighted by atomic mass is 9.82. The number of alkyl halides is 3. The third-order valence-corrected chi connectivity index (χ3v) is 6.01. The molecule has 0 aliphatic rings. The van der Waals surface area contributed by atoms with Crippen LogP contribution < -0.4 is 16.6 Å². The molecule has 0 bridgehead atoms. The lowest BCUT2D eigenvalue weighted by molar-refractivity contribution is -0.141. The van der Waals surface area contributed by atoms with Crippen LogP contribution >= 0.6 is 0 Å². The first-order valence-corrected chi connectivity index (χ1v) is 11.4. The Bertz CT molecular complexity index is 1170. The second-order valence-corrected chi connectivity index (χ2v) is 10.2. The van der Waals surface area contributed by atoms with Crippen molar-refractivity contribution in [1.29, 1.82) is 0 Å². The van der Waals surface area contributed by atoms with Crippen LogP contribution in [0.25, 0.3) is 0 Å². The van der Waals surface area contributed by atoms with Crippen molar-refractivity contribution in [2.45, 2.75) is 65.0 Å². The van der Waals surface area contributed by atoms with E-state index in [2.05, 4.69) is 64.0 Å². The number of hydrogen-bond acceptors (Lipinski definition) is 4. The summed E-state index contributed by atoms with van der Waals surface area (Å²) in [5.41, 5.74) is 7.71. The van der Waals surface area contributed by atoms with Crippen LogP contribution in [-0.2, 0) is 24.1 Å². The summed E-state index contributed by atoms with van der Waals surface area (Å²) in [5, 5.41) is 2.76. The van der Waals surface area contributed by atoms with E-state index in [1.807, 2.05) is 24.3 Å². The molecule has 0 radical (unpaired) electrons. The van der Waals surface area contributed by atoms with Gasteiger partial charge in [-0.05, 0) is 52.6 Å². The van der Waals surface area contributed by atoms with E-state index in [1.54, 1.807) is 12.1 Å². The first-order chi connectivity index (χ1) is 16.0. The van der Waals surface area contributed by atoms with Crippen LogP contribution in [0.2, 0.25) is 0 Å². The molecule has 0 fully saturated rings. The highest BCUT2D eigenvalue weighted by molar-refractivity contribution is 5.54. The van der Waals surface area contributed by atoms with Gasteiger partial charge in [0.15, 0.2) is 5.69 Å². The van der Waals surface area contributed by atoms with Crippen molar-refractivity contribution in [1.82, 2.24) is 9.55 Å². The van der Waals surface area contributed by atoms with Crippen molar-refractivity contribution in [3.63, 3.8) is 0 Å². The average Bonchev–Trinajstić information content (AvgIpc) is 2.76. The van der Waals surface area contributed by atoms with Crippen molar-refractivity contribution in [2.24, 2.45) is 7.05 Å². The molecule has 3 aromatic rings. The molecule has 35 heavy (non-hydrogen) atoms. The molecule has 0 saturated heterocycles. The molecular formula is C27H35F3N4O. The molecule has 0 aliphatic heterocycles. The number of nitrogens with two attached hydrogens (primary N) is 1. The predicted molar refractivity (Wildman–Crippen MR) is 137 cm³/mol. The fraction of sp³-hybridized carbons (Fsp3) is 0.407. The Kier molecular flexibility index (Phi) is 8.42. The van der Waals surface area contributed by atoms with E-state index in [4.69, 9.17) is 5.73 Å². The average molecular weight is 489 g/mol. The maximum absolute atomic E-state index is 12.8. The Labute approximate surface area is 205 Å². The van der Waals surface area contributed by atoms with Gasteiger partial charge in [-0.25, -0.2) is 4.98 Å². The molecule has 1 aromatic heterocycles. The lowest BCUT2D eigenvalue weighted by Crippen LogP contribution is -2.24. The first-order valence-electron chi connectivity index (χ1n) is 11.4. The number of aromatic nitrogens is 2. The van der Waals surface area contributed by atoms with Crippen LogP contribution in [0.15, 0.2) is 59.4 Å². The van der Waals surface area contributed by atoms with E-state index in [0.717, 1.165) is 22.2 Å². The van der Waals surface area contributed by atoms with E-state index in [9.17, 15) is 18.0 Å². The van der Waals surface area contributed by atoms with Crippen LogP contribution in [0.3, 0.4) is 0 Å². The van der Waals surface area contributed by atoms with Gasteiger partial charge in [0.05, 0.1) is 0 Å². The summed E-state index contributed by atoms with van der Waals surface area (Å²) in [4.78, 5) is 15.2. The highest BCUT2D eigenvalue weighted by Crippen LogP contribution is 2.29. The number of nitrogens with one attached hydrogen (secondary N) is 1. The summed E-state index contributed by atoms with van der Waals surface area (Å²) in [5.74, 6) is -0.159. The van der Waals surface area contributed by atoms with Gasteiger partial charge in [0.25, 0.3) is 5.56 Å². The summed E-state index contributed by atoms with van der Waals surface area (Å²) < 4.78 is 39.3. The molecule has 1 heterocycles. The highest BCUT2D eigenvalue weighted by atomic mass is 19.4. The molecular weight excluding hydrogens is 453 g/mol. The van der Waals surface area contributed by atoms with Gasteiger partial charge >= 0.3 is 6.18 Å². The fourth-order valence-corrected chi connectivity index (χ4v) is 3.12. The van der Waals surface area contributed by atoms with Crippen molar-refractivity contribution in [3.8, 4) is 0 Å². The first kappa shape index (κ1) is 28.0. The zero-order valence-corrected chi connectivity index (χ0v) is 21.4. The zero-order valence-electron chi connectivity index (χ0n) is 21.4. The molecule has 0 saturated carbocycles. The number of anilines is 3. The van der Waals surface area contributed by atoms with Crippen LogP contribution in [0, 0.1) is 0 Å². The van der Waals surface area contributed by atoms with Gasteiger partial charge in [0, 0.05) is 24.5 Å². The summed E-state index contributed by atoms with van der Waals surface area (Å²) in [6, 6.07) is 15.9. The number of benzene rings is 2. The van der Waals surface area contributed by atoms with Crippen molar-refractivity contribution in [3.05, 3.63) is 81.8 Å². The Balaban J connectivity index is 0.000000303. The van der Waals surface area contributed by atoms with E-state index in [1.165, 1.54) is 12.6 Å². The maximum atomic E-state index is 12.8. The predicted octanol–water partition coefficient (Wildman–Crippen LogP) is 6.80. The van der Waals surface area contributed by atoms with E-state index < -0.39 is 17.4 Å². The van der Waals surface area contributed by atoms with Crippen LogP contribution in [-0.4, -0.2) is 9.55 Å². The lowest BCUT2D eigenvalue weighted by Gasteiger charge is -2.23. The molecule has 0 aliphatic carbocycles. The smallest absolute Gasteiger partial charge is 0.399 e. The van der Waals surface area contributed by atoms with E-state index in [0.29, 0.717) is 11.8 Å². The van der Waals surface area contributed by atoms with Crippen molar-refractivity contribution < 1.29 is 13.2 Å². The van der Waals surface area contributed by atoms with Gasteiger partial charge in [0.2, 0.25) is 5.95 Å². The molecule has 0 amide bonds. The number of nitrogens with zero attached hydrogens (tertiary/aromatic N) is 2. The highest BCUT2D eigenvalue weighted by Gasteiger charge is 2.34. The third kappa shape index (κ3) is 7.60. The number of halogens is 3. The Morgan fingerprint density at radius 3 is 1.89 bits per heavy atom. The molecule has 2 aromatic carbocycles. The molecule has 0 unspecified atom stereocenters. The van der Waals surface area contributed by atoms with Gasteiger partial charge in [0.1, 0.15) is 0 Å². The largest absolute Gasteiger partial charge is 0.433 e. The van der Waals surface area contributed by atoms with Crippen LogP contribution in [0.4, 0.5) is 30.5 Å². The van der Waals surface area contributed by atoms with E-state index in [-0.39, 0.29) is 16.8 Å². The van der Waals surface area contributed by atoms with Crippen molar-refractivity contribution in [2.75, 3.05) is 11.1 Å². The number of hydrogen-bond donors (Lipinski definition) is 2. The Hall–Kier alpha value is -3.29. The molecule has 0 spiro atoms. The summed E-state index contributed by atoms with van der Waals surface area (Å²) in [6.45, 7) is 12.9. The zero-order chi connectivity index (χ0) is 26.6. The van der Waals surface area contributed by atoms with Crippen molar-refractivity contribution >= 4 is 17.3 Å². The Morgan fingerprint density at radius 2 is 1.43 bits per heavy atom.